The Balaban J connectivity index is 2.20. The minimum absolute atomic E-state index is 0.0157. The van der Waals surface area contributed by atoms with Crippen LogP contribution in [-0.2, 0) is 4.79 Å². The zero-order valence-electron chi connectivity index (χ0n) is 7.73. The number of rotatable bonds is 2. The molecule has 0 heterocycles. The van der Waals surface area contributed by atoms with Crippen LogP contribution in [0.25, 0.3) is 0 Å². The molecule has 1 amide bonds. The Morgan fingerprint density at radius 3 is 2.50 bits per heavy atom. The van der Waals surface area contributed by atoms with Crippen molar-refractivity contribution >= 4 is 17.3 Å². The van der Waals surface area contributed by atoms with Crippen molar-refractivity contribution in [1.82, 2.24) is 0 Å². The van der Waals surface area contributed by atoms with E-state index in [0.717, 1.165) is 12.0 Å². The van der Waals surface area contributed by atoms with Crippen LogP contribution >= 0.6 is 0 Å². The third-order valence-electron chi connectivity index (χ3n) is 2.69. The molecule has 0 aromatic heterocycles. The molecule has 2 atom stereocenters. The van der Waals surface area contributed by atoms with Crippen molar-refractivity contribution in [3.63, 3.8) is 0 Å². The number of carbonyl (C=O) groups is 1. The second kappa shape index (κ2) is 2.90. The average Bonchev–Trinajstić information content (AvgIpc) is 2.89. The molecule has 1 aromatic rings. The quantitative estimate of drug-likeness (QED) is 0.592. The SMILES string of the molecule is NC(=O)[C@@H]1C[C@H]1c1ccc(N)c(N)c1. The highest BCUT2D eigenvalue weighted by atomic mass is 16.1. The van der Waals surface area contributed by atoms with Crippen LogP contribution in [0.15, 0.2) is 18.2 Å². The van der Waals surface area contributed by atoms with E-state index in [2.05, 4.69) is 0 Å². The molecule has 0 saturated heterocycles. The van der Waals surface area contributed by atoms with Crippen LogP contribution in [0.4, 0.5) is 11.4 Å². The molecule has 1 aliphatic rings. The van der Waals surface area contributed by atoms with Gasteiger partial charge < -0.3 is 17.2 Å². The van der Waals surface area contributed by atoms with Crippen LogP contribution in [0.5, 0.6) is 0 Å². The van der Waals surface area contributed by atoms with Gasteiger partial charge in [0.2, 0.25) is 5.91 Å². The summed E-state index contributed by atoms with van der Waals surface area (Å²) in [5.41, 5.74) is 18.6. The van der Waals surface area contributed by atoms with Gasteiger partial charge in [0.1, 0.15) is 0 Å². The van der Waals surface area contributed by atoms with Crippen LogP contribution in [-0.4, -0.2) is 5.91 Å². The minimum Gasteiger partial charge on any atom is -0.397 e. The molecule has 0 bridgehead atoms. The largest absolute Gasteiger partial charge is 0.397 e. The maximum Gasteiger partial charge on any atom is 0.221 e. The molecule has 14 heavy (non-hydrogen) atoms. The van der Waals surface area contributed by atoms with Gasteiger partial charge in [0.25, 0.3) is 0 Å². The van der Waals surface area contributed by atoms with Crippen molar-refractivity contribution in [3.05, 3.63) is 23.8 Å². The number of amides is 1. The van der Waals surface area contributed by atoms with Gasteiger partial charge in [-0.3, -0.25) is 4.79 Å². The van der Waals surface area contributed by atoms with Crippen LogP contribution in [0, 0.1) is 5.92 Å². The van der Waals surface area contributed by atoms with E-state index >= 15 is 0 Å². The molecule has 4 nitrogen and oxygen atoms in total. The van der Waals surface area contributed by atoms with Crippen LogP contribution in [0.2, 0.25) is 0 Å². The van der Waals surface area contributed by atoms with Gasteiger partial charge in [0, 0.05) is 5.92 Å². The summed E-state index contributed by atoms with van der Waals surface area (Å²) in [6.45, 7) is 0. The maximum atomic E-state index is 10.9. The second-order valence-corrected chi connectivity index (χ2v) is 3.74. The molecule has 2 rings (SSSR count). The number of anilines is 2. The van der Waals surface area contributed by atoms with Gasteiger partial charge in [0.15, 0.2) is 0 Å². The van der Waals surface area contributed by atoms with Crippen molar-refractivity contribution in [2.24, 2.45) is 11.7 Å². The predicted octanol–water partition coefficient (Wildman–Crippen LogP) is 0.440. The van der Waals surface area contributed by atoms with Crippen molar-refractivity contribution in [1.29, 1.82) is 0 Å². The van der Waals surface area contributed by atoms with Gasteiger partial charge in [-0.25, -0.2) is 0 Å². The fourth-order valence-electron chi connectivity index (χ4n) is 1.70. The number of carbonyl (C=O) groups excluding carboxylic acids is 1. The molecule has 1 aromatic carbocycles. The Kier molecular flexibility index (Phi) is 1.84. The smallest absolute Gasteiger partial charge is 0.221 e. The highest BCUT2D eigenvalue weighted by Crippen LogP contribution is 2.47. The predicted molar refractivity (Wildman–Crippen MR) is 55.3 cm³/mol. The number of nitrogens with two attached hydrogens (primary N) is 3. The molecule has 6 N–H and O–H groups in total. The topological polar surface area (TPSA) is 95.1 Å². The molecule has 0 aliphatic heterocycles. The lowest BCUT2D eigenvalue weighted by molar-refractivity contribution is -0.119. The first-order chi connectivity index (χ1) is 6.59. The summed E-state index contributed by atoms with van der Waals surface area (Å²) in [6.07, 6.45) is 0.832. The Morgan fingerprint density at radius 2 is 2.00 bits per heavy atom. The number of primary amides is 1. The monoisotopic (exact) mass is 191 g/mol. The second-order valence-electron chi connectivity index (χ2n) is 3.74. The third-order valence-corrected chi connectivity index (χ3v) is 2.69. The Morgan fingerprint density at radius 1 is 1.29 bits per heavy atom. The van der Waals surface area contributed by atoms with Crippen LogP contribution in [0.3, 0.4) is 0 Å². The van der Waals surface area contributed by atoms with E-state index in [1.165, 1.54) is 0 Å². The summed E-state index contributed by atoms with van der Waals surface area (Å²) < 4.78 is 0. The zero-order valence-corrected chi connectivity index (χ0v) is 7.73. The lowest BCUT2D eigenvalue weighted by Crippen LogP contribution is -2.13. The molecule has 1 aliphatic carbocycles. The van der Waals surface area contributed by atoms with Gasteiger partial charge in [-0.15, -0.1) is 0 Å². The van der Waals surface area contributed by atoms with Gasteiger partial charge >= 0.3 is 0 Å². The molecule has 1 saturated carbocycles. The normalized spacial score (nSPS) is 24.6. The first-order valence-electron chi connectivity index (χ1n) is 4.54. The Bertz CT molecular complexity index is 389. The number of nitrogen functional groups attached to an aromatic ring is 2. The highest BCUT2D eigenvalue weighted by molar-refractivity contribution is 5.81. The fraction of sp³-hybridized carbons (Fsp3) is 0.300. The average molecular weight is 191 g/mol. The highest BCUT2D eigenvalue weighted by Gasteiger charge is 2.42. The van der Waals surface area contributed by atoms with Gasteiger partial charge in [-0.05, 0) is 30.0 Å². The summed E-state index contributed by atoms with van der Waals surface area (Å²) in [5, 5.41) is 0. The van der Waals surface area contributed by atoms with Gasteiger partial charge in [0.05, 0.1) is 11.4 Å². The molecule has 0 unspecified atom stereocenters. The lowest BCUT2D eigenvalue weighted by Gasteiger charge is -2.03. The summed E-state index contributed by atoms with van der Waals surface area (Å²) >= 11 is 0. The Hall–Kier alpha value is -1.71. The number of benzene rings is 1. The van der Waals surface area contributed by atoms with Crippen molar-refractivity contribution in [3.8, 4) is 0 Å². The summed E-state index contributed by atoms with van der Waals surface area (Å²) in [6, 6.07) is 5.49. The van der Waals surface area contributed by atoms with Crippen molar-refractivity contribution in [2.75, 3.05) is 11.5 Å². The van der Waals surface area contributed by atoms with Crippen molar-refractivity contribution in [2.45, 2.75) is 12.3 Å². The summed E-state index contributed by atoms with van der Waals surface area (Å²) in [4.78, 5) is 10.9. The van der Waals surface area contributed by atoms with Crippen LogP contribution in [0.1, 0.15) is 17.9 Å². The van der Waals surface area contributed by atoms with E-state index in [1.807, 2.05) is 12.1 Å². The first kappa shape index (κ1) is 8.87. The molecular weight excluding hydrogens is 178 g/mol. The maximum absolute atomic E-state index is 10.9. The van der Waals surface area contributed by atoms with E-state index in [0.29, 0.717) is 11.4 Å². The molecule has 4 heteroatoms. The Labute approximate surface area is 82.1 Å². The van der Waals surface area contributed by atoms with E-state index < -0.39 is 0 Å². The molecular formula is C10H13N3O. The zero-order chi connectivity index (χ0) is 10.3. The van der Waals surface area contributed by atoms with Crippen molar-refractivity contribution < 1.29 is 4.79 Å². The van der Waals surface area contributed by atoms with E-state index in [-0.39, 0.29) is 17.7 Å². The van der Waals surface area contributed by atoms with Gasteiger partial charge in [-0.2, -0.15) is 0 Å². The minimum atomic E-state index is -0.231. The molecule has 1 fully saturated rings. The third kappa shape index (κ3) is 1.39. The molecule has 0 radical (unpaired) electrons. The summed E-state index contributed by atoms with van der Waals surface area (Å²) in [5.74, 6) is -0.00109. The van der Waals surface area contributed by atoms with Gasteiger partial charge in [-0.1, -0.05) is 6.07 Å². The number of hydrogen-bond acceptors (Lipinski definition) is 3. The molecule has 0 spiro atoms. The van der Waals surface area contributed by atoms with E-state index in [4.69, 9.17) is 17.2 Å². The fourth-order valence-corrected chi connectivity index (χ4v) is 1.70. The lowest BCUT2D eigenvalue weighted by atomic mass is 10.1. The molecule has 74 valence electrons. The van der Waals surface area contributed by atoms with E-state index in [9.17, 15) is 4.79 Å². The van der Waals surface area contributed by atoms with Crippen LogP contribution < -0.4 is 17.2 Å². The van der Waals surface area contributed by atoms with E-state index in [1.54, 1.807) is 6.07 Å². The summed E-state index contributed by atoms with van der Waals surface area (Å²) in [7, 11) is 0. The standard InChI is InChI=1S/C10H13N3O/c11-8-2-1-5(3-9(8)12)6-4-7(6)10(13)14/h1-3,6-7H,4,11-12H2,(H2,13,14)/t6-,7+/m0/s1. The number of hydrogen-bond donors (Lipinski definition) is 3. The first-order valence-corrected chi connectivity index (χ1v) is 4.54.